The number of rotatable bonds is 7. The molecule has 4 N–H and O–H groups in total. The van der Waals surface area contributed by atoms with Gasteiger partial charge < -0.3 is 16.2 Å². The minimum absolute atomic E-state index is 0.000756. The van der Waals surface area contributed by atoms with Gasteiger partial charge in [-0.25, -0.2) is 0 Å². The summed E-state index contributed by atoms with van der Waals surface area (Å²) in [5.41, 5.74) is 5.23. The monoisotopic (exact) mass is 242 g/mol. The molecule has 1 fully saturated rings. The first-order chi connectivity index (χ1) is 7.99. The lowest BCUT2D eigenvalue weighted by molar-refractivity contribution is -0.140. The summed E-state index contributed by atoms with van der Waals surface area (Å²) in [6.45, 7) is 2.04. The molecular weight excluding hydrogens is 220 g/mol. The van der Waals surface area contributed by atoms with Crippen LogP contribution in [0.1, 0.15) is 51.9 Å². The summed E-state index contributed by atoms with van der Waals surface area (Å²) in [5.74, 6) is -1.08. The molecule has 5 heteroatoms. The maximum atomic E-state index is 11.8. The van der Waals surface area contributed by atoms with Crippen molar-refractivity contribution in [3.05, 3.63) is 0 Å². The lowest BCUT2D eigenvalue weighted by Crippen LogP contribution is -2.58. The molecule has 0 bridgehead atoms. The predicted octanol–water partition coefficient (Wildman–Crippen LogP) is 1.02. The molecule has 1 aliphatic rings. The molecule has 0 unspecified atom stereocenters. The van der Waals surface area contributed by atoms with Crippen LogP contribution >= 0.6 is 0 Å². The van der Waals surface area contributed by atoms with Crippen LogP contribution in [-0.4, -0.2) is 28.6 Å². The van der Waals surface area contributed by atoms with Crippen LogP contribution in [0, 0.1) is 0 Å². The average molecular weight is 242 g/mol. The maximum Gasteiger partial charge on any atom is 0.305 e. The highest BCUT2D eigenvalue weighted by atomic mass is 16.4. The smallest absolute Gasteiger partial charge is 0.305 e. The third kappa shape index (κ3) is 4.00. The molecule has 0 aliphatic heterocycles. The first-order valence-corrected chi connectivity index (χ1v) is 6.28. The van der Waals surface area contributed by atoms with Crippen molar-refractivity contribution >= 4 is 11.9 Å². The summed E-state index contributed by atoms with van der Waals surface area (Å²) in [6, 6.07) is -0.513. The summed E-state index contributed by atoms with van der Waals surface area (Å²) < 4.78 is 0. The molecule has 0 aromatic rings. The van der Waals surface area contributed by atoms with E-state index >= 15 is 0 Å². The Labute approximate surface area is 102 Å². The van der Waals surface area contributed by atoms with E-state index in [0.29, 0.717) is 6.42 Å². The van der Waals surface area contributed by atoms with E-state index in [4.69, 9.17) is 10.8 Å². The molecule has 0 heterocycles. The second-order valence-electron chi connectivity index (χ2n) is 4.94. The van der Waals surface area contributed by atoms with Crippen molar-refractivity contribution < 1.29 is 14.7 Å². The Morgan fingerprint density at radius 3 is 2.53 bits per heavy atom. The fourth-order valence-corrected chi connectivity index (χ4v) is 2.15. The van der Waals surface area contributed by atoms with Crippen LogP contribution in [0.25, 0.3) is 0 Å². The lowest BCUT2D eigenvalue weighted by atomic mass is 9.74. The van der Waals surface area contributed by atoms with Gasteiger partial charge in [0.05, 0.1) is 18.0 Å². The quantitative estimate of drug-likeness (QED) is 0.621. The van der Waals surface area contributed by atoms with E-state index in [1.807, 2.05) is 6.92 Å². The molecule has 1 atom stereocenters. The van der Waals surface area contributed by atoms with Gasteiger partial charge in [0.2, 0.25) is 5.91 Å². The van der Waals surface area contributed by atoms with Crippen LogP contribution < -0.4 is 11.1 Å². The number of hydrogen-bond donors (Lipinski definition) is 3. The van der Waals surface area contributed by atoms with Crippen molar-refractivity contribution in [2.45, 2.75) is 63.5 Å². The molecule has 1 rings (SSSR count). The fraction of sp³-hybridized carbons (Fsp3) is 0.833. The number of aliphatic carboxylic acids is 1. The van der Waals surface area contributed by atoms with Crippen LogP contribution in [0.4, 0.5) is 0 Å². The number of nitrogens with two attached hydrogens (primary N) is 1. The normalized spacial score (nSPS) is 19.2. The molecule has 0 aromatic heterocycles. The summed E-state index contributed by atoms with van der Waals surface area (Å²) in [6.07, 6.45) is 5.03. The van der Waals surface area contributed by atoms with E-state index in [2.05, 4.69) is 5.32 Å². The summed E-state index contributed by atoms with van der Waals surface area (Å²) in [4.78, 5) is 22.6. The van der Waals surface area contributed by atoms with E-state index in [1.54, 1.807) is 0 Å². The summed E-state index contributed by atoms with van der Waals surface area (Å²) in [5, 5.41) is 11.6. The largest absolute Gasteiger partial charge is 0.481 e. The van der Waals surface area contributed by atoms with Crippen molar-refractivity contribution in [3.63, 3.8) is 0 Å². The number of unbranched alkanes of at least 4 members (excludes halogenated alkanes) is 1. The molecule has 0 radical (unpaired) electrons. The Balaban J connectivity index is 2.45. The van der Waals surface area contributed by atoms with E-state index in [1.165, 1.54) is 0 Å². The Bertz CT molecular complexity index is 287. The van der Waals surface area contributed by atoms with Gasteiger partial charge in [0.25, 0.3) is 0 Å². The van der Waals surface area contributed by atoms with Crippen molar-refractivity contribution in [2.75, 3.05) is 0 Å². The molecule has 1 aliphatic carbocycles. The van der Waals surface area contributed by atoms with Crippen molar-refractivity contribution in [1.82, 2.24) is 5.32 Å². The van der Waals surface area contributed by atoms with Crippen molar-refractivity contribution in [1.29, 1.82) is 0 Å². The second-order valence-corrected chi connectivity index (χ2v) is 4.94. The van der Waals surface area contributed by atoms with Crippen molar-refractivity contribution in [2.24, 2.45) is 5.73 Å². The van der Waals surface area contributed by atoms with Crippen LogP contribution in [0.3, 0.4) is 0 Å². The number of amides is 1. The van der Waals surface area contributed by atoms with Gasteiger partial charge in [0.1, 0.15) is 0 Å². The number of carboxylic acids is 1. The Morgan fingerprint density at radius 1 is 1.47 bits per heavy atom. The first-order valence-electron chi connectivity index (χ1n) is 6.28. The maximum absolute atomic E-state index is 11.8. The van der Waals surface area contributed by atoms with Crippen LogP contribution in [0.5, 0.6) is 0 Å². The molecule has 0 saturated heterocycles. The number of nitrogens with one attached hydrogen (secondary N) is 1. The topological polar surface area (TPSA) is 92.4 Å². The van der Waals surface area contributed by atoms with Crippen LogP contribution in [-0.2, 0) is 9.59 Å². The van der Waals surface area contributed by atoms with E-state index in [0.717, 1.165) is 32.1 Å². The highest BCUT2D eigenvalue weighted by Crippen LogP contribution is 2.34. The molecular formula is C12H22N2O3. The van der Waals surface area contributed by atoms with Gasteiger partial charge >= 0.3 is 5.97 Å². The number of carboxylic acid groups (broad SMARTS) is 1. The van der Waals surface area contributed by atoms with Gasteiger partial charge in [0.15, 0.2) is 0 Å². The Hall–Kier alpha value is -1.10. The van der Waals surface area contributed by atoms with Gasteiger partial charge in [-0.05, 0) is 25.7 Å². The third-order valence-electron chi connectivity index (χ3n) is 3.39. The van der Waals surface area contributed by atoms with Crippen LogP contribution in [0.15, 0.2) is 0 Å². The van der Waals surface area contributed by atoms with Gasteiger partial charge in [-0.1, -0.05) is 19.8 Å². The average Bonchev–Trinajstić information content (AvgIpc) is 2.21. The SMILES string of the molecule is CCCC[C@H](N)C(=O)NC1(CC(=O)O)CCC1. The molecule has 98 valence electrons. The Kier molecular flexibility index (Phi) is 4.93. The molecule has 1 saturated carbocycles. The highest BCUT2D eigenvalue weighted by molar-refractivity contribution is 5.83. The van der Waals surface area contributed by atoms with Gasteiger partial charge in [-0.15, -0.1) is 0 Å². The highest BCUT2D eigenvalue weighted by Gasteiger charge is 2.40. The first kappa shape index (κ1) is 14.0. The number of carbonyl (C=O) groups excluding carboxylic acids is 1. The van der Waals surface area contributed by atoms with E-state index < -0.39 is 17.6 Å². The molecule has 0 spiro atoms. The second kappa shape index (κ2) is 6.00. The van der Waals surface area contributed by atoms with E-state index in [-0.39, 0.29) is 12.3 Å². The minimum atomic E-state index is -0.868. The van der Waals surface area contributed by atoms with Gasteiger partial charge in [-0.3, -0.25) is 9.59 Å². The summed E-state index contributed by atoms with van der Waals surface area (Å²) >= 11 is 0. The molecule has 17 heavy (non-hydrogen) atoms. The standard InChI is InChI=1S/C12H22N2O3/c1-2-3-5-9(13)11(17)14-12(6-4-7-12)8-10(15)16/h9H,2-8,13H2,1H3,(H,14,17)(H,15,16)/t9-/m0/s1. The molecule has 5 nitrogen and oxygen atoms in total. The minimum Gasteiger partial charge on any atom is -0.481 e. The Morgan fingerprint density at radius 2 is 2.12 bits per heavy atom. The molecule has 1 amide bonds. The third-order valence-corrected chi connectivity index (χ3v) is 3.39. The van der Waals surface area contributed by atoms with Gasteiger partial charge in [-0.2, -0.15) is 0 Å². The summed E-state index contributed by atoms with van der Waals surface area (Å²) in [7, 11) is 0. The van der Waals surface area contributed by atoms with Gasteiger partial charge in [0, 0.05) is 0 Å². The number of hydrogen-bond acceptors (Lipinski definition) is 3. The predicted molar refractivity (Wildman–Crippen MR) is 64.5 cm³/mol. The van der Waals surface area contributed by atoms with Crippen molar-refractivity contribution in [3.8, 4) is 0 Å². The lowest BCUT2D eigenvalue weighted by Gasteiger charge is -2.42. The zero-order valence-electron chi connectivity index (χ0n) is 10.4. The fourth-order valence-electron chi connectivity index (χ4n) is 2.15. The van der Waals surface area contributed by atoms with E-state index in [9.17, 15) is 9.59 Å². The molecule has 0 aromatic carbocycles. The van der Waals surface area contributed by atoms with Crippen LogP contribution in [0.2, 0.25) is 0 Å². The zero-order valence-corrected chi connectivity index (χ0v) is 10.4. The number of carbonyl (C=O) groups is 2. The zero-order chi connectivity index (χ0) is 12.9.